The molecule has 0 saturated carbocycles. The molecule has 1 amide bonds. The van der Waals surface area contributed by atoms with Crippen molar-refractivity contribution >= 4 is 33.2 Å². The van der Waals surface area contributed by atoms with Crippen molar-refractivity contribution < 1.29 is 22.3 Å². The maximum Gasteiger partial charge on any atom is 0.264 e. The van der Waals surface area contributed by atoms with Gasteiger partial charge in [0.2, 0.25) is 5.91 Å². The Balaban J connectivity index is 1.70. The van der Waals surface area contributed by atoms with Crippen molar-refractivity contribution in [3.8, 4) is 5.75 Å². The highest BCUT2D eigenvalue weighted by Gasteiger charge is 2.27. The molecule has 33 heavy (non-hydrogen) atoms. The summed E-state index contributed by atoms with van der Waals surface area (Å²) in [5.74, 6) is -0.223. The topological polar surface area (TPSA) is 75.7 Å². The van der Waals surface area contributed by atoms with Gasteiger partial charge in [-0.15, -0.1) is 0 Å². The van der Waals surface area contributed by atoms with Crippen molar-refractivity contribution in [3.05, 3.63) is 89.2 Å². The van der Waals surface area contributed by atoms with Crippen LogP contribution in [0.25, 0.3) is 0 Å². The summed E-state index contributed by atoms with van der Waals surface area (Å²) in [4.78, 5) is 12.6. The highest BCUT2D eigenvalue weighted by atomic mass is 35.5. The van der Waals surface area contributed by atoms with Gasteiger partial charge in [0.1, 0.15) is 18.1 Å². The normalized spacial score (nSPS) is 11.1. The predicted molar refractivity (Wildman–Crippen MR) is 127 cm³/mol. The molecule has 3 aromatic rings. The molecule has 0 saturated heterocycles. The van der Waals surface area contributed by atoms with Crippen LogP contribution >= 0.6 is 11.6 Å². The molecule has 0 fully saturated rings. The first-order valence-electron chi connectivity index (χ1n) is 10.2. The van der Waals surface area contributed by atoms with E-state index in [-0.39, 0.29) is 10.7 Å². The van der Waals surface area contributed by atoms with Gasteiger partial charge >= 0.3 is 0 Å². The number of ether oxygens (including phenoxy) is 1. The van der Waals surface area contributed by atoms with E-state index >= 15 is 0 Å². The largest absolute Gasteiger partial charge is 0.497 e. The van der Waals surface area contributed by atoms with E-state index in [0.29, 0.717) is 35.8 Å². The van der Waals surface area contributed by atoms with E-state index < -0.39 is 22.5 Å². The second kappa shape index (κ2) is 11.2. The van der Waals surface area contributed by atoms with Gasteiger partial charge in [-0.1, -0.05) is 23.7 Å². The average molecular weight is 491 g/mol. The summed E-state index contributed by atoms with van der Waals surface area (Å²) in [5.41, 5.74) is 1.27. The summed E-state index contributed by atoms with van der Waals surface area (Å²) >= 11 is 5.95. The van der Waals surface area contributed by atoms with Crippen LogP contribution in [0.15, 0.2) is 77.7 Å². The smallest absolute Gasteiger partial charge is 0.264 e. The zero-order valence-corrected chi connectivity index (χ0v) is 19.6. The third-order valence-corrected chi connectivity index (χ3v) is 6.97. The number of aryl methyl sites for hydroxylation is 1. The molecule has 1 N–H and O–H groups in total. The van der Waals surface area contributed by atoms with Crippen molar-refractivity contribution in [1.29, 1.82) is 0 Å². The van der Waals surface area contributed by atoms with Gasteiger partial charge in [-0.05, 0) is 79.1 Å². The minimum absolute atomic E-state index is 0.0300. The second-order valence-corrected chi connectivity index (χ2v) is 9.54. The van der Waals surface area contributed by atoms with Crippen LogP contribution in [-0.4, -0.2) is 34.5 Å². The molecule has 0 atom stereocenters. The molecule has 0 radical (unpaired) electrons. The third-order valence-electron chi connectivity index (χ3n) is 4.93. The van der Waals surface area contributed by atoms with Crippen LogP contribution in [-0.2, 0) is 21.2 Å². The molecular formula is C24H24ClFN2O4S. The van der Waals surface area contributed by atoms with Gasteiger partial charge in [0, 0.05) is 11.6 Å². The monoisotopic (exact) mass is 490 g/mol. The van der Waals surface area contributed by atoms with Crippen LogP contribution in [0.1, 0.15) is 12.0 Å². The molecule has 0 aromatic heterocycles. The number of methoxy groups -OCH3 is 1. The number of nitrogens with one attached hydrogen (secondary N) is 1. The number of anilines is 1. The molecule has 0 aliphatic rings. The van der Waals surface area contributed by atoms with E-state index in [9.17, 15) is 17.6 Å². The molecular weight excluding hydrogens is 467 g/mol. The van der Waals surface area contributed by atoms with Crippen molar-refractivity contribution in [1.82, 2.24) is 5.32 Å². The minimum atomic E-state index is -4.03. The lowest BCUT2D eigenvalue weighted by atomic mass is 10.1. The molecule has 174 valence electrons. The van der Waals surface area contributed by atoms with Gasteiger partial charge in [-0.25, -0.2) is 12.8 Å². The van der Waals surface area contributed by atoms with Crippen molar-refractivity contribution in [2.24, 2.45) is 0 Å². The Morgan fingerprint density at radius 3 is 2.24 bits per heavy atom. The zero-order chi connectivity index (χ0) is 23.8. The molecule has 0 unspecified atom stereocenters. The van der Waals surface area contributed by atoms with Crippen LogP contribution in [0.5, 0.6) is 5.75 Å². The van der Waals surface area contributed by atoms with E-state index in [0.717, 1.165) is 9.87 Å². The molecule has 9 heteroatoms. The van der Waals surface area contributed by atoms with E-state index in [1.165, 1.54) is 31.4 Å². The van der Waals surface area contributed by atoms with Crippen LogP contribution in [0.4, 0.5) is 10.1 Å². The number of nitrogens with zero attached hydrogens (tertiary/aromatic N) is 1. The number of hydrogen-bond donors (Lipinski definition) is 1. The maximum absolute atomic E-state index is 13.3. The van der Waals surface area contributed by atoms with Gasteiger partial charge in [0.05, 0.1) is 17.7 Å². The fourth-order valence-electron chi connectivity index (χ4n) is 3.16. The predicted octanol–water partition coefficient (Wildman–Crippen LogP) is 4.43. The summed E-state index contributed by atoms with van der Waals surface area (Å²) in [6, 6.07) is 18.3. The van der Waals surface area contributed by atoms with Crippen LogP contribution in [0, 0.1) is 5.82 Å². The summed E-state index contributed by atoms with van der Waals surface area (Å²) in [6.07, 6.45) is 1.29. The lowest BCUT2D eigenvalue weighted by molar-refractivity contribution is -0.119. The fourth-order valence-corrected chi connectivity index (χ4v) is 4.70. The minimum Gasteiger partial charge on any atom is -0.497 e. The third kappa shape index (κ3) is 6.69. The molecule has 3 aromatic carbocycles. The number of amides is 1. The summed E-state index contributed by atoms with van der Waals surface area (Å²) in [6.45, 7) is -0.0419. The standard InChI is InChI=1S/C24H24ClFN2O4S/c1-32-22-12-14-23(15-13-22)33(30,31)28(21-10-6-19(25)7-11-21)17-24(29)27-16-2-3-18-4-8-20(26)9-5-18/h4-15H,2-3,16-17H2,1H3,(H,27,29). The maximum atomic E-state index is 13.3. The van der Waals surface area contributed by atoms with Gasteiger partial charge in [-0.3, -0.25) is 9.10 Å². The second-order valence-electron chi connectivity index (χ2n) is 7.24. The fraction of sp³-hybridized carbons (Fsp3) is 0.208. The van der Waals surface area contributed by atoms with Crippen molar-refractivity contribution in [3.63, 3.8) is 0 Å². The molecule has 0 spiro atoms. The SMILES string of the molecule is COc1ccc(S(=O)(=O)N(CC(=O)NCCCc2ccc(F)cc2)c2ccc(Cl)cc2)cc1. The van der Waals surface area contributed by atoms with E-state index in [4.69, 9.17) is 16.3 Å². The molecule has 0 heterocycles. The lowest BCUT2D eigenvalue weighted by Crippen LogP contribution is -2.41. The molecule has 3 rings (SSSR count). The molecule has 0 bridgehead atoms. The molecule has 0 aliphatic carbocycles. The average Bonchev–Trinajstić information content (AvgIpc) is 2.82. The Morgan fingerprint density at radius 2 is 1.64 bits per heavy atom. The molecule has 0 aliphatic heterocycles. The van der Waals surface area contributed by atoms with Gasteiger partial charge in [0.25, 0.3) is 10.0 Å². The summed E-state index contributed by atoms with van der Waals surface area (Å²) in [5, 5.41) is 3.20. The van der Waals surface area contributed by atoms with Crippen LogP contribution in [0.3, 0.4) is 0 Å². The highest BCUT2D eigenvalue weighted by Crippen LogP contribution is 2.26. The lowest BCUT2D eigenvalue weighted by Gasteiger charge is -2.24. The summed E-state index contributed by atoms with van der Waals surface area (Å²) < 4.78 is 45.8. The Morgan fingerprint density at radius 1 is 1.00 bits per heavy atom. The van der Waals surface area contributed by atoms with Gasteiger partial charge in [0.15, 0.2) is 0 Å². The first-order chi connectivity index (χ1) is 15.8. The number of halogens is 2. The van der Waals surface area contributed by atoms with E-state index in [1.807, 2.05) is 0 Å². The quantitative estimate of drug-likeness (QED) is 0.426. The Hall–Kier alpha value is -3.10. The van der Waals surface area contributed by atoms with Crippen molar-refractivity contribution in [2.75, 3.05) is 24.5 Å². The van der Waals surface area contributed by atoms with Crippen LogP contribution in [0.2, 0.25) is 5.02 Å². The van der Waals surface area contributed by atoms with Crippen LogP contribution < -0.4 is 14.4 Å². The summed E-state index contributed by atoms with van der Waals surface area (Å²) in [7, 11) is -2.54. The molecule has 6 nitrogen and oxygen atoms in total. The number of benzene rings is 3. The van der Waals surface area contributed by atoms with Crippen molar-refractivity contribution in [2.45, 2.75) is 17.7 Å². The zero-order valence-electron chi connectivity index (χ0n) is 18.0. The van der Waals surface area contributed by atoms with E-state index in [2.05, 4.69) is 5.32 Å². The number of carbonyl (C=O) groups is 1. The highest BCUT2D eigenvalue weighted by molar-refractivity contribution is 7.92. The number of rotatable bonds is 10. The Labute approximate surface area is 198 Å². The first kappa shape index (κ1) is 24.5. The van der Waals surface area contributed by atoms with Gasteiger partial charge in [-0.2, -0.15) is 0 Å². The van der Waals surface area contributed by atoms with E-state index in [1.54, 1.807) is 48.5 Å². The Kier molecular flexibility index (Phi) is 8.30. The van der Waals surface area contributed by atoms with Gasteiger partial charge < -0.3 is 10.1 Å². The number of sulfonamides is 1. The Bertz CT molecular complexity index is 1170. The number of carbonyl (C=O) groups excluding carboxylic acids is 1. The first-order valence-corrected chi connectivity index (χ1v) is 12.0. The number of hydrogen-bond acceptors (Lipinski definition) is 4.